The van der Waals surface area contributed by atoms with Gasteiger partial charge in [-0.1, -0.05) is 0 Å². The summed E-state index contributed by atoms with van der Waals surface area (Å²) in [5.74, 6) is -2.15. The first-order chi connectivity index (χ1) is 13.8. The molecular formula is C20H22N2O7. The van der Waals surface area contributed by atoms with Crippen molar-refractivity contribution in [2.24, 2.45) is 10.9 Å². The molecule has 1 aromatic carbocycles. The van der Waals surface area contributed by atoms with Crippen molar-refractivity contribution in [2.45, 2.75) is 32.1 Å². The number of hydrogen-bond acceptors (Lipinski definition) is 8. The summed E-state index contributed by atoms with van der Waals surface area (Å²) >= 11 is 0. The molecular weight excluding hydrogens is 380 g/mol. The van der Waals surface area contributed by atoms with Gasteiger partial charge in [-0.2, -0.15) is 0 Å². The maximum atomic E-state index is 12.8. The van der Waals surface area contributed by atoms with Crippen LogP contribution in [0, 0.1) is 16.0 Å². The minimum atomic E-state index is -0.947. The molecule has 0 bridgehead atoms. The number of nitro benzene ring substituents is 1. The minimum Gasteiger partial charge on any atom is -0.493 e. The van der Waals surface area contributed by atoms with Crippen molar-refractivity contribution in [3.63, 3.8) is 0 Å². The third-order valence-corrected chi connectivity index (χ3v) is 5.35. The number of carbonyl (C=O) groups excluding carboxylic acids is 2. The SMILES string of the molecule is COC(=O)C1C(C)=NC2=C(C(=O)CCC2)[C@@H]1c1cc(OC)c(OC)cc1[N+](=O)[O-]. The molecule has 0 aromatic heterocycles. The molecule has 0 amide bonds. The Labute approximate surface area is 167 Å². The zero-order valence-corrected chi connectivity index (χ0v) is 16.7. The van der Waals surface area contributed by atoms with Gasteiger partial charge in [-0.25, -0.2) is 0 Å². The lowest BCUT2D eigenvalue weighted by atomic mass is 9.71. The number of nitrogens with zero attached hydrogens (tertiary/aromatic N) is 2. The lowest BCUT2D eigenvalue weighted by Crippen LogP contribution is -2.37. The quantitative estimate of drug-likeness (QED) is 0.422. The van der Waals surface area contributed by atoms with Gasteiger partial charge in [0.15, 0.2) is 17.3 Å². The Kier molecular flexibility index (Phi) is 5.67. The predicted octanol–water partition coefficient (Wildman–Crippen LogP) is 2.97. The first-order valence-electron chi connectivity index (χ1n) is 9.13. The van der Waals surface area contributed by atoms with E-state index in [1.54, 1.807) is 6.92 Å². The van der Waals surface area contributed by atoms with Crippen LogP contribution >= 0.6 is 0 Å². The van der Waals surface area contributed by atoms with E-state index < -0.39 is 22.7 Å². The van der Waals surface area contributed by atoms with Crippen LogP contribution in [0.25, 0.3) is 0 Å². The monoisotopic (exact) mass is 402 g/mol. The molecule has 0 saturated heterocycles. The largest absolute Gasteiger partial charge is 0.493 e. The minimum absolute atomic E-state index is 0.162. The zero-order valence-electron chi connectivity index (χ0n) is 16.7. The summed E-state index contributed by atoms with van der Waals surface area (Å²) in [5, 5.41) is 11.9. The van der Waals surface area contributed by atoms with Gasteiger partial charge in [0.1, 0.15) is 5.92 Å². The average Bonchev–Trinajstić information content (AvgIpc) is 2.71. The van der Waals surface area contributed by atoms with E-state index in [-0.39, 0.29) is 28.5 Å². The molecule has 0 fully saturated rings. The van der Waals surface area contributed by atoms with Crippen LogP contribution in [0.1, 0.15) is 37.7 Å². The van der Waals surface area contributed by atoms with Gasteiger partial charge in [0, 0.05) is 34.9 Å². The van der Waals surface area contributed by atoms with Crippen LogP contribution < -0.4 is 9.47 Å². The van der Waals surface area contributed by atoms with Crippen LogP contribution in [0.15, 0.2) is 28.4 Å². The van der Waals surface area contributed by atoms with E-state index in [4.69, 9.17) is 14.2 Å². The second-order valence-corrected chi connectivity index (χ2v) is 6.89. The van der Waals surface area contributed by atoms with Crippen molar-refractivity contribution < 1.29 is 28.7 Å². The number of hydrogen-bond donors (Lipinski definition) is 0. The summed E-state index contributed by atoms with van der Waals surface area (Å²) in [7, 11) is 4.03. The summed E-state index contributed by atoms with van der Waals surface area (Å²) in [6, 6.07) is 2.71. The van der Waals surface area contributed by atoms with Crippen LogP contribution in [-0.2, 0) is 14.3 Å². The number of ketones is 1. The summed E-state index contributed by atoms with van der Waals surface area (Å²) in [6.45, 7) is 1.67. The van der Waals surface area contributed by atoms with Gasteiger partial charge in [0.2, 0.25) is 0 Å². The Morgan fingerprint density at radius 1 is 1.17 bits per heavy atom. The number of allylic oxidation sites excluding steroid dienone is 2. The van der Waals surface area contributed by atoms with Crippen LogP contribution in [0.4, 0.5) is 5.69 Å². The Morgan fingerprint density at radius 2 is 1.83 bits per heavy atom. The standard InChI is InChI=1S/C20H22N2O7/c1-10-17(20(24)29-4)18(19-12(21-10)6-5-7-14(19)23)11-8-15(27-2)16(28-3)9-13(11)22(25)26/h8-9,17-18H,5-7H2,1-4H3/t17?,18-/m1/s1. The van der Waals surface area contributed by atoms with Crippen molar-refractivity contribution in [3.8, 4) is 11.5 Å². The zero-order chi connectivity index (χ0) is 21.3. The van der Waals surface area contributed by atoms with E-state index in [1.807, 2.05) is 0 Å². The number of rotatable bonds is 5. The second-order valence-electron chi connectivity index (χ2n) is 6.89. The van der Waals surface area contributed by atoms with E-state index >= 15 is 0 Å². The normalized spacial score (nSPS) is 21.2. The molecule has 1 unspecified atom stereocenters. The molecule has 154 valence electrons. The first kappa shape index (κ1) is 20.5. The molecule has 0 radical (unpaired) electrons. The van der Waals surface area contributed by atoms with Crippen LogP contribution in [0.2, 0.25) is 0 Å². The fourth-order valence-corrected chi connectivity index (χ4v) is 4.07. The first-order valence-corrected chi connectivity index (χ1v) is 9.13. The third-order valence-electron chi connectivity index (χ3n) is 5.35. The molecule has 29 heavy (non-hydrogen) atoms. The lowest BCUT2D eigenvalue weighted by molar-refractivity contribution is -0.385. The van der Waals surface area contributed by atoms with Gasteiger partial charge in [0.25, 0.3) is 5.69 Å². The maximum Gasteiger partial charge on any atom is 0.315 e. The number of nitro groups is 1. The summed E-state index contributed by atoms with van der Waals surface area (Å²) in [5.41, 5.74) is 1.31. The molecule has 2 atom stereocenters. The number of benzene rings is 1. The average molecular weight is 402 g/mol. The number of esters is 1. The molecule has 0 N–H and O–H groups in total. The topological polar surface area (TPSA) is 117 Å². The van der Waals surface area contributed by atoms with E-state index in [0.717, 1.165) is 0 Å². The van der Waals surface area contributed by atoms with Crippen molar-refractivity contribution in [3.05, 3.63) is 39.1 Å². The van der Waals surface area contributed by atoms with Gasteiger partial charge in [-0.05, 0) is 25.8 Å². The molecule has 9 heteroatoms. The molecule has 0 saturated carbocycles. The molecule has 1 aliphatic carbocycles. The molecule has 1 aromatic rings. The Bertz CT molecular complexity index is 948. The molecule has 3 rings (SSSR count). The van der Waals surface area contributed by atoms with Gasteiger partial charge < -0.3 is 14.2 Å². The summed E-state index contributed by atoms with van der Waals surface area (Å²) < 4.78 is 15.5. The van der Waals surface area contributed by atoms with Crippen molar-refractivity contribution >= 4 is 23.2 Å². The number of methoxy groups -OCH3 is 3. The number of aliphatic imine (C=N–C) groups is 1. The predicted molar refractivity (Wildman–Crippen MR) is 103 cm³/mol. The van der Waals surface area contributed by atoms with Crippen molar-refractivity contribution in [1.29, 1.82) is 0 Å². The highest BCUT2D eigenvalue weighted by molar-refractivity contribution is 6.09. The van der Waals surface area contributed by atoms with Gasteiger partial charge in [-0.3, -0.25) is 24.7 Å². The third kappa shape index (κ3) is 3.48. The van der Waals surface area contributed by atoms with Crippen molar-refractivity contribution in [1.82, 2.24) is 0 Å². The second kappa shape index (κ2) is 8.02. The lowest BCUT2D eigenvalue weighted by Gasteiger charge is -2.34. The maximum absolute atomic E-state index is 12.8. The van der Waals surface area contributed by atoms with Crippen LogP contribution in [0.5, 0.6) is 11.5 Å². The molecule has 9 nitrogen and oxygen atoms in total. The molecule has 1 aliphatic heterocycles. The van der Waals surface area contributed by atoms with Gasteiger partial charge in [-0.15, -0.1) is 0 Å². The summed E-state index contributed by atoms with van der Waals surface area (Å²) in [4.78, 5) is 41.3. The highest BCUT2D eigenvalue weighted by atomic mass is 16.6. The Morgan fingerprint density at radius 3 is 2.41 bits per heavy atom. The number of Topliss-reactive ketones (excluding diaryl/α,β-unsaturated/α-hetero) is 1. The van der Waals surface area contributed by atoms with Gasteiger partial charge in [0.05, 0.1) is 32.3 Å². The fraction of sp³-hybridized carbons (Fsp3) is 0.450. The smallest absolute Gasteiger partial charge is 0.315 e. The van der Waals surface area contributed by atoms with E-state index in [9.17, 15) is 19.7 Å². The van der Waals surface area contributed by atoms with E-state index in [0.29, 0.717) is 36.2 Å². The molecule has 2 aliphatic rings. The highest BCUT2D eigenvalue weighted by Gasteiger charge is 2.45. The number of carbonyl (C=O) groups is 2. The Balaban J connectivity index is 2.33. The van der Waals surface area contributed by atoms with Crippen LogP contribution in [-0.4, -0.2) is 43.7 Å². The van der Waals surface area contributed by atoms with Crippen LogP contribution in [0.3, 0.4) is 0 Å². The highest BCUT2D eigenvalue weighted by Crippen LogP contribution is 2.48. The van der Waals surface area contributed by atoms with Gasteiger partial charge >= 0.3 is 5.97 Å². The molecule has 0 spiro atoms. The summed E-state index contributed by atoms with van der Waals surface area (Å²) in [6.07, 6.45) is 1.53. The fourth-order valence-electron chi connectivity index (χ4n) is 4.07. The Hall–Kier alpha value is -3.23. The van der Waals surface area contributed by atoms with E-state index in [2.05, 4.69) is 4.99 Å². The van der Waals surface area contributed by atoms with Crippen molar-refractivity contribution in [2.75, 3.05) is 21.3 Å². The number of ether oxygens (including phenoxy) is 3. The molecule has 1 heterocycles. The van der Waals surface area contributed by atoms with E-state index in [1.165, 1.54) is 33.5 Å².